The van der Waals surface area contributed by atoms with Crippen molar-refractivity contribution < 1.29 is 17.9 Å². The van der Waals surface area contributed by atoms with Gasteiger partial charge in [-0.05, 0) is 24.1 Å². The molecule has 1 N–H and O–H groups in total. The largest absolute Gasteiger partial charge is 0.482 e. The van der Waals surface area contributed by atoms with Gasteiger partial charge in [0.2, 0.25) is 10.0 Å². The second-order valence-corrected chi connectivity index (χ2v) is 6.61. The summed E-state index contributed by atoms with van der Waals surface area (Å²) in [5, 5.41) is 0. The van der Waals surface area contributed by atoms with Crippen LogP contribution in [0, 0.1) is 0 Å². The normalized spacial score (nSPS) is 14.9. The number of ether oxygens (including phenoxy) is 1. The maximum Gasteiger partial charge on any atom is 0.264 e. The van der Waals surface area contributed by atoms with Crippen molar-refractivity contribution in [3.8, 4) is 5.75 Å². The summed E-state index contributed by atoms with van der Waals surface area (Å²) in [6.07, 6.45) is 0.574. The summed E-state index contributed by atoms with van der Waals surface area (Å²) in [6.45, 7) is 2.06. The molecule has 6 nitrogen and oxygen atoms in total. The fourth-order valence-electron chi connectivity index (χ4n) is 1.96. The number of hydrogen-bond acceptors (Lipinski definition) is 4. The first-order chi connectivity index (χ1) is 9.43. The Morgan fingerprint density at radius 1 is 1.40 bits per heavy atom. The van der Waals surface area contributed by atoms with Crippen LogP contribution in [0.4, 0.5) is 5.69 Å². The Labute approximate surface area is 118 Å². The lowest BCUT2D eigenvalue weighted by atomic mass is 10.1. The van der Waals surface area contributed by atoms with Crippen LogP contribution < -0.4 is 14.4 Å². The average molecular weight is 298 g/mol. The van der Waals surface area contributed by atoms with Gasteiger partial charge in [0.25, 0.3) is 5.91 Å². The maximum absolute atomic E-state index is 11.6. The fraction of sp³-hybridized carbons (Fsp3) is 0.462. The van der Waals surface area contributed by atoms with E-state index in [9.17, 15) is 13.2 Å². The Kier molecular flexibility index (Phi) is 4.29. The van der Waals surface area contributed by atoms with Crippen LogP contribution in [0.25, 0.3) is 0 Å². The molecule has 1 aliphatic heterocycles. The summed E-state index contributed by atoms with van der Waals surface area (Å²) in [5.41, 5.74) is 1.45. The van der Waals surface area contributed by atoms with Gasteiger partial charge in [0.1, 0.15) is 5.75 Å². The second-order valence-electron chi connectivity index (χ2n) is 4.68. The van der Waals surface area contributed by atoms with Gasteiger partial charge in [-0.1, -0.05) is 13.0 Å². The zero-order valence-electron chi connectivity index (χ0n) is 11.5. The SMILES string of the molecule is CCCS(=O)(=O)NCc1ccc2c(c1)N(C)C(=O)CO2. The van der Waals surface area contributed by atoms with Crippen molar-refractivity contribution in [1.82, 2.24) is 4.72 Å². The molecule has 1 amide bonds. The predicted octanol–water partition coefficient (Wildman–Crippen LogP) is 0.871. The maximum atomic E-state index is 11.6. The molecule has 20 heavy (non-hydrogen) atoms. The van der Waals surface area contributed by atoms with Gasteiger partial charge in [-0.25, -0.2) is 13.1 Å². The quantitative estimate of drug-likeness (QED) is 0.875. The number of amides is 1. The smallest absolute Gasteiger partial charge is 0.264 e. The van der Waals surface area contributed by atoms with Crippen LogP contribution in [0.2, 0.25) is 0 Å². The highest BCUT2D eigenvalue weighted by Crippen LogP contribution is 2.31. The molecule has 2 rings (SSSR count). The highest BCUT2D eigenvalue weighted by molar-refractivity contribution is 7.89. The number of benzene rings is 1. The van der Waals surface area contributed by atoms with E-state index >= 15 is 0 Å². The van der Waals surface area contributed by atoms with Gasteiger partial charge in [-0.3, -0.25) is 4.79 Å². The lowest BCUT2D eigenvalue weighted by Crippen LogP contribution is -2.35. The first kappa shape index (κ1) is 14.8. The minimum absolute atomic E-state index is 0.0337. The van der Waals surface area contributed by atoms with Crippen LogP contribution in [-0.2, 0) is 21.4 Å². The third-order valence-electron chi connectivity index (χ3n) is 3.08. The number of nitrogens with one attached hydrogen (secondary N) is 1. The van der Waals surface area contributed by atoms with Crippen LogP contribution in [0.3, 0.4) is 0 Å². The standard InChI is InChI=1S/C13H18N2O4S/c1-3-6-20(17,18)14-8-10-4-5-12-11(7-10)15(2)13(16)9-19-12/h4-5,7,14H,3,6,8-9H2,1-2H3. The summed E-state index contributed by atoms with van der Waals surface area (Å²) in [4.78, 5) is 13.1. The van der Waals surface area contributed by atoms with Gasteiger partial charge in [0.15, 0.2) is 6.61 Å². The Hall–Kier alpha value is -1.60. The molecule has 0 aliphatic carbocycles. The molecule has 0 radical (unpaired) electrons. The van der Waals surface area contributed by atoms with E-state index in [0.29, 0.717) is 17.9 Å². The molecular formula is C13H18N2O4S. The van der Waals surface area contributed by atoms with E-state index in [1.54, 1.807) is 25.2 Å². The van der Waals surface area contributed by atoms with Crippen molar-refractivity contribution in [2.45, 2.75) is 19.9 Å². The van der Waals surface area contributed by atoms with Crippen LogP contribution in [-0.4, -0.2) is 33.7 Å². The van der Waals surface area contributed by atoms with Crippen LogP contribution in [0.15, 0.2) is 18.2 Å². The number of fused-ring (bicyclic) bond motifs is 1. The molecule has 110 valence electrons. The highest BCUT2D eigenvalue weighted by atomic mass is 32.2. The van der Waals surface area contributed by atoms with Crippen molar-refractivity contribution in [3.63, 3.8) is 0 Å². The second kappa shape index (κ2) is 5.80. The van der Waals surface area contributed by atoms with E-state index in [2.05, 4.69) is 4.72 Å². The van der Waals surface area contributed by atoms with E-state index < -0.39 is 10.0 Å². The molecule has 0 saturated carbocycles. The molecule has 0 fully saturated rings. The molecule has 0 atom stereocenters. The number of likely N-dealkylation sites (N-methyl/N-ethyl adjacent to an activating group) is 1. The predicted molar refractivity (Wildman–Crippen MR) is 76.3 cm³/mol. The average Bonchev–Trinajstić information content (AvgIpc) is 2.41. The third kappa shape index (κ3) is 3.29. The highest BCUT2D eigenvalue weighted by Gasteiger charge is 2.22. The Balaban J connectivity index is 2.13. The number of carbonyl (C=O) groups excluding carboxylic acids is 1. The summed E-state index contributed by atoms with van der Waals surface area (Å²) in [6, 6.07) is 5.31. The van der Waals surface area contributed by atoms with Crippen molar-refractivity contribution in [2.24, 2.45) is 0 Å². The first-order valence-electron chi connectivity index (χ1n) is 6.42. The lowest BCUT2D eigenvalue weighted by Gasteiger charge is -2.26. The molecule has 0 saturated heterocycles. The number of nitrogens with zero attached hydrogens (tertiary/aromatic N) is 1. The number of carbonyl (C=O) groups is 1. The summed E-state index contributed by atoms with van der Waals surface area (Å²) < 4.78 is 31.1. The van der Waals surface area contributed by atoms with Gasteiger partial charge in [-0.2, -0.15) is 0 Å². The van der Waals surface area contributed by atoms with E-state index in [1.165, 1.54) is 4.90 Å². The zero-order valence-corrected chi connectivity index (χ0v) is 12.4. The van der Waals surface area contributed by atoms with Crippen molar-refractivity contribution in [3.05, 3.63) is 23.8 Å². The van der Waals surface area contributed by atoms with Gasteiger partial charge >= 0.3 is 0 Å². The van der Waals surface area contributed by atoms with E-state index in [0.717, 1.165) is 5.56 Å². The lowest BCUT2D eigenvalue weighted by molar-refractivity contribution is -0.120. The minimum Gasteiger partial charge on any atom is -0.482 e. The molecular weight excluding hydrogens is 280 g/mol. The van der Waals surface area contributed by atoms with Gasteiger partial charge in [0, 0.05) is 13.6 Å². The number of hydrogen-bond donors (Lipinski definition) is 1. The Morgan fingerprint density at radius 2 is 2.15 bits per heavy atom. The molecule has 0 unspecified atom stereocenters. The summed E-state index contributed by atoms with van der Waals surface area (Å²) in [5.74, 6) is 0.618. The topological polar surface area (TPSA) is 75.7 Å². The van der Waals surface area contributed by atoms with Crippen LogP contribution in [0.1, 0.15) is 18.9 Å². The molecule has 1 heterocycles. The van der Waals surface area contributed by atoms with Gasteiger partial charge in [0.05, 0.1) is 11.4 Å². The third-order valence-corrected chi connectivity index (χ3v) is 4.61. The van der Waals surface area contributed by atoms with Crippen LogP contribution in [0.5, 0.6) is 5.75 Å². The minimum atomic E-state index is -3.24. The first-order valence-corrected chi connectivity index (χ1v) is 8.08. The Bertz CT molecular complexity index is 613. The Morgan fingerprint density at radius 3 is 2.85 bits per heavy atom. The van der Waals surface area contributed by atoms with E-state index in [-0.39, 0.29) is 24.8 Å². The molecule has 7 heteroatoms. The van der Waals surface area contributed by atoms with Crippen LogP contribution >= 0.6 is 0 Å². The summed E-state index contributed by atoms with van der Waals surface area (Å²) >= 11 is 0. The van der Waals surface area contributed by atoms with E-state index in [4.69, 9.17) is 4.74 Å². The van der Waals surface area contributed by atoms with Crippen molar-refractivity contribution >= 4 is 21.6 Å². The van der Waals surface area contributed by atoms with Gasteiger partial charge in [-0.15, -0.1) is 0 Å². The fourth-order valence-corrected chi connectivity index (χ4v) is 3.03. The van der Waals surface area contributed by atoms with Crippen molar-refractivity contribution in [1.29, 1.82) is 0 Å². The monoisotopic (exact) mass is 298 g/mol. The number of sulfonamides is 1. The molecule has 1 aromatic rings. The summed E-state index contributed by atoms with van der Waals surface area (Å²) in [7, 11) is -1.56. The van der Waals surface area contributed by atoms with Crippen molar-refractivity contribution in [2.75, 3.05) is 24.3 Å². The number of rotatable bonds is 5. The molecule has 1 aliphatic rings. The molecule has 0 bridgehead atoms. The zero-order chi connectivity index (χ0) is 14.8. The molecule has 0 spiro atoms. The number of anilines is 1. The van der Waals surface area contributed by atoms with Gasteiger partial charge < -0.3 is 9.64 Å². The molecule has 1 aromatic carbocycles. The van der Waals surface area contributed by atoms with E-state index in [1.807, 2.05) is 6.92 Å². The molecule has 0 aromatic heterocycles.